The largest absolute Gasteiger partial charge is 0.298 e. The summed E-state index contributed by atoms with van der Waals surface area (Å²) in [6.45, 7) is 0.458. The normalized spacial score (nSPS) is 18.8. The second-order valence-corrected chi connectivity index (χ2v) is 10.7. The van der Waals surface area contributed by atoms with E-state index in [1.165, 1.54) is 6.07 Å². The van der Waals surface area contributed by atoms with Crippen molar-refractivity contribution < 1.29 is 35.2 Å². The Morgan fingerprint density at radius 2 is 1.76 bits per heavy atom. The van der Waals surface area contributed by atoms with E-state index in [1.54, 1.807) is 0 Å². The van der Waals surface area contributed by atoms with Gasteiger partial charge in [0.1, 0.15) is 29.5 Å². The topological polar surface area (TPSA) is 80.2 Å². The lowest BCUT2D eigenvalue weighted by Crippen LogP contribution is -2.44. The zero-order chi connectivity index (χ0) is 27.0. The Bertz CT molecular complexity index is 1390. The number of alkyl halides is 3. The number of nitrogens with zero attached hydrogens (tertiary/aromatic N) is 3. The van der Waals surface area contributed by atoms with Crippen molar-refractivity contribution in [2.45, 2.75) is 49.2 Å². The molecule has 1 aliphatic heterocycles. The summed E-state index contributed by atoms with van der Waals surface area (Å²) in [6, 6.07) is 6.24. The van der Waals surface area contributed by atoms with Gasteiger partial charge in [-0.1, -0.05) is 0 Å². The molecule has 4 rings (SSSR count). The van der Waals surface area contributed by atoms with Gasteiger partial charge in [0.15, 0.2) is 5.78 Å². The third kappa shape index (κ3) is 5.85. The Hall–Kier alpha value is -3.25. The fourth-order valence-corrected chi connectivity index (χ4v) is 5.81. The molecule has 37 heavy (non-hydrogen) atoms. The van der Waals surface area contributed by atoms with Gasteiger partial charge in [0, 0.05) is 25.5 Å². The number of aromatic nitrogens is 2. The molecular formula is C25H22F5N3O3S. The summed E-state index contributed by atoms with van der Waals surface area (Å²) >= 11 is 0. The zero-order valence-electron chi connectivity index (χ0n) is 19.5. The van der Waals surface area contributed by atoms with Crippen molar-refractivity contribution in [2.24, 2.45) is 0 Å². The number of aryl methyl sites for hydroxylation is 1. The maximum Gasteiger partial charge on any atom is 0.288 e. The summed E-state index contributed by atoms with van der Waals surface area (Å²) in [7, 11) is -4.25. The number of halogens is 5. The molecule has 0 unspecified atom stereocenters. The van der Waals surface area contributed by atoms with E-state index >= 15 is 0 Å². The highest BCUT2D eigenvalue weighted by atomic mass is 32.2. The summed E-state index contributed by atoms with van der Waals surface area (Å²) in [4.78, 5) is 20.3. The van der Waals surface area contributed by atoms with Crippen LogP contribution in [0.1, 0.15) is 31.0 Å². The summed E-state index contributed by atoms with van der Waals surface area (Å²) in [5, 5.41) is 0. The van der Waals surface area contributed by atoms with Crippen LogP contribution in [0.25, 0.3) is 11.3 Å². The molecule has 12 heteroatoms. The first-order chi connectivity index (χ1) is 17.4. The number of rotatable bonds is 8. The van der Waals surface area contributed by atoms with Gasteiger partial charge < -0.3 is 0 Å². The van der Waals surface area contributed by atoms with Crippen molar-refractivity contribution in [3.8, 4) is 11.3 Å². The minimum absolute atomic E-state index is 0.0320. The number of Topliss-reactive ketones (excluding diaryl/α,β-unsaturated/α-hetero) is 1. The Morgan fingerprint density at radius 1 is 1.05 bits per heavy atom. The lowest BCUT2D eigenvalue weighted by molar-refractivity contribution is -0.123. The summed E-state index contributed by atoms with van der Waals surface area (Å²) < 4.78 is 95.7. The van der Waals surface area contributed by atoms with Gasteiger partial charge in [-0.25, -0.2) is 21.6 Å². The minimum Gasteiger partial charge on any atom is -0.298 e. The lowest BCUT2D eigenvalue weighted by Gasteiger charge is -2.24. The van der Waals surface area contributed by atoms with Crippen molar-refractivity contribution in [3.63, 3.8) is 0 Å². The average Bonchev–Trinajstić information content (AvgIpc) is 3.24. The fraction of sp³-hybridized carbons (Fsp3) is 0.320. The van der Waals surface area contributed by atoms with Crippen LogP contribution in [0.4, 0.5) is 22.0 Å². The highest BCUT2D eigenvalue weighted by molar-refractivity contribution is 7.89. The van der Waals surface area contributed by atoms with Gasteiger partial charge in [-0.15, -0.1) is 0 Å². The maximum absolute atomic E-state index is 14.7. The van der Waals surface area contributed by atoms with Gasteiger partial charge in [0.25, 0.3) is 5.92 Å². The van der Waals surface area contributed by atoms with Crippen molar-refractivity contribution in [3.05, 3.63) is 77.8 Å². The van der Waals surface area contributed by atoms with Crippen LogP contribution in [0.2, 0.25) is 0 Å². The second-order valence-electron chi connectivity index (χ2n) is 8.81. The smallest absolute Gasteiger partial charge is 0.288 e. The third-order valence-electron chi connectivity index (χ3n) is 6.04. The van der Waals surface area contributed by atoms with Gasteiger partial charge in [0.05, 0.1) is 23.0 Å². The molecule has 2 heterocycles. The Kier molecular flexibility index (Phi) is 7.43. The molecule has 196 valence electrons. The molecule has 1 aliphatic rings. The van der Waals surface area contributed by atoms with E-state index in [1.807, 2.05) is 0 Å². The molecule has 0 N–H and O–H groups in total. The van der Waals surface area contributed by atoms with Gasteiger partial charge in [-0.2, -0.15) is 13.1 Å². The molecule has 0 spiro atoms. The van der Waals surface area contributed by atoms with E-state index in [4.69, 9.17) is 0 Å². The first-order valence-corrected chi connectivity index (χ1v) is 12.7. The second kappa shape index (κ2) is 10.3. The van der Waals surface area contributed by atoms with Crippen molar-refractivity contribution in [1.82, 2.24) is 14.3 Å². The number of hydrogen-bond acceptors (Lipinski definition) is 5. The van der Waals surface area contributed by atoms with Crippen LogP contribution in [-0.2, 0) is 27.2 Å². The zero-order valence-corrected chi connectivity index (χ0v) is 20.4. The molecular weight excluding hydrogens is 517 g/mol. The maximum atomic E-state index is 14.7. The quantitative estimate of drug-likeness (QED) is 0.383. The lowest BCUT2D eigenvalue weighted by atomic mass is 9.99. The monoisotopic (exact) mass is 539 g/mol. The van der Waals surface area contributed by atoms with Gasteiger partial charge in [-0.3, -0.25) is 14.8 Å². The molecule has 0 saturated carbocycles. The summed E-state index contributed by atoms with van der Waals surface area (Å²) in [6.07, 6.45) is -0.239. The highest BCUT2D eigenvalue weighted by Gasteiger charge is 2.45. The van der Waals surface area contributed by atoms with Crippen molar-refractivity contribution in [1.29, 1.82) is 0 Å². The van der Waals surface area contributed by atoms with Gasteiger partial charge in [-0.05, 0) is 60.9 Å². The molecule has 1 fully saturated rings. The van der Waals surface area contributed by atoms with Gasteiger partial charge in [0.2, 0.25) is 10.0 Å². The van der Waals surface area contributed by atoms with Crippen molar-refractivity contribution in [2.75, 3.05) is 6.54 Å². The first kappa shape index (κ1) is 26.8. The molecule has 0 amide bonds. The van der Waals surface area contributed by atoms with E-state index in [0.717, 1.165) is 53.1 Å². The molecule has 3 aromatic rings. The third-order valence-corrected chi connectivity index (χ3v) is 7.94. The molecule has 0 radical (unpaired) electrons. The van der Waals surface area contributed by atoms with E-state index in [2.05, 4.69) is 9.97 Å². The molecule has 6 nitrogen and oxygen atoms in total. The standard InChI is InChI=1S/C25H22F5N3O3S/c1-25(29,30)23-14-31-21(13-32-23)16-10-15(11-18(27)12-16)2-7-22(34)24-20(28)8-9-33(24)37(35,36)19-5-3-17(26)4-6-19/h3-6,10-14,20,24H,2,7-9H2,1H3/t20-,24-/m0/s1. The molecule has 2 atom stereocenters. The molecule has 1 saturated heterocycles. The Morgan fingerprint density at radius 3 is 2.38 bits per heavy atom. The first-order valence-electron chi connectivity index (χ1n) is 11.3. The predicted molar refractivity (Wildman–Crippen MR) is 124 cm³/mol. The molecule has 0 aliphatic carbocycles. The molecule has 1 aromatic heterocycles. The predicted octanol–water partition coefficient (Wildman–Crippen LogP) is 4.84. The van der Waals surface area contributed by atoms with Crippen LogP contribution >= 0.6 is 0 Å². The van der Waals surface area contributed by atoms with Crippen LogP contribution in [0, 0.1) is 11.6 Å². The summed E-state index contributed by atoms with van der Waals surface area (Å²) in [5.74, 6) is -5.19. The van der Waals surface area contributed by atoms with Crippen LogP contribution in [0.5, 0.6) is 0 Å². The number of hydrogen-bond donors (Lipinski definition) is 0. The number of carbonyl (C=O) groups is 1. The fourth-order valence-electron chi connectivity index (χ4n) is 4.16. The average molecular weight is 540 g/mol. The van der Waals surface area contributed by atoms with E-state index < -0.39 is 51.3 Å². The van der Waals surface area contributed by atoms with Gasteiger partial charge >= 0.3 is 0 Å². The minimum atomic E-state index is -4.25. The number of carbonyl (C=O) groups excluding carboxylic acids is 1. The SMILES string of the molecule is CC(F)(F)c1cnc(-c2cc(F)cc(CCC(=O)[C@@H]3[C@@H](F)CCN3S(=O)(=O)c3ccc(F)cc3)c2)cn1. The van der Waals surface area contributed by atoms with Crippen molar-refractivity contribution >= 4 is 15.8 Å². The van der Waals surface area contributed by atoms with Crippen LogP contribution in [0.15, 0.2) is 59.8 Å². The van der Waals surface area contributed by atoms with Crippen LogP contribution in [-0.4, -0.2) is 47.2 Å². The number of sulfonamides is 1. The Labute approximate surface area is 210 Å². The van der Waals surface area contributed by atoms with E-state index in [0.29, 0.717) is 12.5 Å². The number of benzene rings is 2. The highest BCUT2D eigenvalue weighted by Crippen LogP contribution is 2.31. The Balaban J connectivity index is 1.51. The van der Waals surface area contributed by atoms with Crippen LogP contribution in [0.3, 0.4) is 0 Å². The van der Waals surface area contributed by atoms with Crippen LogP contribution < -0.4 is 0 Å². The van der Waals surface area contributed by atoms with E-state index in [-0.39, 0.29) is 42.0 Å². The molecule has 2 aromatic carbocycles. The van der Waals surface area contributed by atoms with E-state index in [9.17, 15) is 35.2 Å². The molecule has 0 bridgehead atoms. The summed E-state index contributed by atoms with van der Waals surface area (Å²) in [5.41, 5.74) is 0.175. The number of ketones is 1.